The number of aliphatic hydroxyl groups excluding tert-OH is 1. The van der Waals surface area contributed by atoms with Crippen LogP contribution in [0.5, 0.6) is 0 Å². The summed E-state index contributed by atoms with van der Waals surface area (Å²) in [6.07, 6.45) is 5.32. The molecule has 1 atom stereocenters. The molecular weight excluding hydrogens is 584 g/mol. The maximum atomic E-state index is 13.8. The van der Waals surface area contributed by atoms with Crippen LogP contribution in [0.25, 0.3) is 11.1 Å². The first kappa shape index (κ1) is 30.4. The first-order valence-electron chi connectivity index (χ1n) is 16.0. The van der Waals surface area contributed by atoms with Gasteiger partial charge in [0.2, 0.25) is 0 Å². The number of carbonyl (C=O) groups excluding carboxylic acids is 1. The van der Waals surface area contributed by atoms with Crippen molar-refractivity contribution in [2.24, 2.45) is 12.5 Å². The van der Waals surface area contributed by atoms with E-state index in [-0.39, 0.29) is 23.5 Å². The number of hydrogen-bond acceptors (Lipinski definition) is 8. The van der Waals surface area contributed by atoms with Gasteiger partial charge in [-0.05, 0) is 54.5 Å². The Morgan fingerprint density at radius 1 is 1.11 bits per heavy atom. The summed E-state index contributed by atoms with van der Waals surface area (Å²) < 4.78 is 11.0. The molecule has 2 aliphatic heterocycles. The second kappa shape index (κ2) is 11.5. The van der Waals surface area contributed by atoms with Crippen LogP contribution in [-0.4, -0.2) is 72.7 Å². The van der Waals surface area contributed by atoms with E-state index in [4.69, 9.17) is 9.84 Å². The molecule has 1 aliphatic carbocycles. The number of rotatable bonds is 8. The maximum absolute atomic E-state index is 13.8. The van der Waals surface area contributed by atoms with Crippen LogP contribution in [0.4, 0.5) is 17.3 Å². The number of aromatic nitrogens is 5. The van der Waals surface area contributed by atoms with E-state index >= 15 is 0 Å². The van der Waals surface area contributed by atoms with Crippen molar-refractivity contribution in [3.63, 3.8) is 0 Å². The van der Waals surface area contributed by atoms with Crippen molar-refractivity contribution >= 4 is 23.2 Å². The molecule has 46 heavy (non-hydrogen) atoms. The standard InChI is InChI=1S/C34H42N8O4/c1-21(20-46-5)39-8-11-42-24(18-39)14-30(37-42)36-27-12-23(17-38(4)32(27)44)25-6-7-35-31(26(25)19-43)41-10-9-40-28(33(41)45)13-22-15-34(2,3)16-29(22)40/h6-7,12-14,17,21,43H,8-11,15-16,18-20H2,1-5H3,(H,36,37)/t21-/m0/s1. The van der Waals surface area contributed by atoms with Crippen molar-refractivity contribution in [2.45, 2.75) is 65.9 Å². The van der Waals surface area contributed by atoms with Gasteiger partial charge >= 0.3 is 0 Å². The van der Waals surface area contributed by atoms with Gasteiger partial charge in [0, 0.05) is 81.7 Å². The van der Waals surface area contributed by atoms with Crippen LogP contribution in [0.2, 0.25) is 0 Å². The number of hydrogen-bond donors (Lipinski definition) is 2. The molecule has 0 spiro atoms. The highest BCUT2D eigenvalue weighted by atomic mass is 16.5. The smallest absolute Gasteiger partial charge is 0.276 e. The zero-order valence-corrected chi connectivity index (χ0v) is 27.2. The Hall–Kier alpha value is -4.26. The van der Waals surface area contributed by atoms with Crippen LogP contribution in [0.1, 0.15) is 53.8 Å². The fraction of sp³-hybridized carbons (Fsp3) is 0.471. The van der Waals surface area contributed by atoms with Gasteiger partial charge in [0.15, 0.2) is 5.82 Å². The molecule has 12 nitrogen and oxygen atoms in total. The molecule has 2 N–H and O–H groups in total. The number of ether oxygens (including phenoxy) is 1. The highest BCUT2D eigenvalue weighted by Crippen LogP contribution is 2.40. The van der Waals surface area contributed by atoms with E-state index in [2.05, 4.69) is 40.5 Å². The Morgan fingerprint density at radius 3 is 2.72 bits per heavy atom. The van der Waals surface area contributed by atoms with Gasteiger partial charge in [0.1, 0.15) is 17.2 Å². The molecule has 4 aromatic heterocycles. The van der Waals surface area contributed by atoms with Gasteiger partial charge in [-0.1, -0.05) is 13.8 Å². The fourth-order valence-corrected chi connectivity index (χ4v) is 7.41. The lowest BCUT2D eigenvalue weighted by Crippen LogP contribution is -2.41. The minimum atomic E-state index is -0.314. The fourth-order valence-electron chi connectivity index (χ4n) is 7.41. The summed E-state index contributed by atoms with van der Waals surface area (Å²) in [4.78, 5) is 35.7. The summed E-state index contributed by atoms with van der Waals surface area (Å²) in [5.74, 6) is 0.926. The Labute approximate surface area is 268 Å². The predicted octanol–water partition coefficient (Wildman–Crippen LogP) is 3.32. The lowest BCUT2D eigenvalue weighted by atomic mass is 9.90. The number of anilines is 3. The van der Waals surface area contributed by atoms with Gasteiger partial charge in [0.25, 0.3) is 11.5 Å². The summed E-state index contributed by atoms with van der Waals surface area (Å²) in [7, 11) is 3.42. The number of carbonyl (C=O) groups is 1. The van der Waals surface area contributed by atoms with Crippen LogP contribution >= 0.6 is 0 Å². The largest absolute Gasteiger partial charge is 0.392 e. The van der Waals surface area contributed by atoms with Gasteiger partial charge in [-0.3, -0.25) is 24.1 Å². The summed E-state index contributed by atoms with van der Waals surface area (Å²) in [5, 5.41) is 18.6. The van der Waals surface area contributed by atoms with E-state index in [0.29, 0.717) is 59.9 Å². The molecule has 242 valence electrons. The van der Waals surface area contributed by atoms with Crippen molar-refractivity contribution in [1.29, 1.82) is 0 Å². The number of pyridine rings is 2. The molecule has 0 aromatic carbocycles. The lowest BCUT2D eigenvalue weighted by Gasteiger charge is -2.32. The Bertz CT molecular complexity index is 1890. The van der Waals surface area contributed by atoms with Gasteiger partial charge in [-0.25, -0.2) is 4.98 Å². The maximum Gasteiger partial charge on any atom is 0.276 e. The summed E-state index contributed by atoms with van der Waals surface area (Å²) in [6.45, 7) is 10.5. The first-order valence-corrected chi connectivity index (χ1v) is 16.0. The molecule has 3 aliphatic rings. The van der Waals surface area contributed by atoms with Gasteiger partial charge in [0.05, 0.1) is 25.5 Å². The third-order valence-electron chi connectivity index (χ3n) is 9.69. The zero-order chi connectivity index (χ0) is 32.3. The van der Waals surface area contributed by atoms with Gasteiger partial charge in [-0.2, -0.15) is 5.10 Å². The molecular formula is C34H42N8O4. The molecule has 0 saturated carbocycles. The normalized spacial score (nSPS) is 18.0. The summed E-state index contributed by atoms with van der Waals surface area (Å²) in [6, 6.07) is 7.91. The van der Waals surface area contributed by atoms with Crippen molar-refractivity contribution in [3.05, 3.63) is 75.2 Å². The predicted molar refractivity (Wildman–Crippen MR) is 175 cm³/mol. The summed E-state index contributed by atoms with van der Waals surface area (Å²) in [5.41, 5.74) is 6.59. The number of methoxy groups -OCH3 is 1. The average Bonchev–Trinajstić information content (AvgIpc) is 3.68. The van der Waals surface area contributed by atoms with Crippen LogP contribution in [0, 0.1) is 5.41 Å². The minimum absolute atomic E-state index is 0.112. The number of nitrogens with zero attached hydrogens (tertiary/aromatic N) is 7. The van der Waals surface area contributed by atoms with E-state index in [1.807, 2.05) is 22.9 Å². The molecule has 0 fully saturated rings. The number of nitrogens with one attached hydrogen (secondary N) is 1. The molecule has 4 aromatic rings. The van der Waals surface area contributed by atoms with E-state index in [9.17, 15) is 14.7 Å². The molecule has 0 bridgehead atoms. The Kier molecular flexibility index (Phi) is 7.61. The second-order valence-electron chi connectivity index (χ2n) is 13.6. The van der Waals surface area contributed by atoms with Crippen molar-refractivity contribution < 1.29 is 14.6 Å². The highest BCUT2D eigenvalue weighted by molar-refractivity contribution is 6.06. The van der Waals surface area contributed by atoms with E-state index < -0.39 is 0 Å². The van der Waals surface area contributed by atoms with Crippen LogP contribution in [-0.2, 0) is 50.9 Å². The van der Waals surface area contributed by atoms with Crippen molar-refractivity contribution in [2.75, 3.05) is 37.0 Å². The number of amides is 1. The topological polar surface area (TPSA) is 123 Å². The number of aryl methyl sites for hydroxylation is 1. The number of fused-ring (bicyclic) bond motifs is 4. The molecule has 0 radical (unpaired) electrons. The quantitative estimate of drug-likeness (QED) is 0.306. The number of aliphatic hydroxyl groups is 1. The highest BCUT2D eigenvalue weighted by Gasteiger charge is 2.37. The molecule has 0 unspecified atom stereocenters. The third-order valence-corrected chi connectivity index (χ3v) is 9.69. The lowest BCUT2D eigenvalue weighted by molar-refractivity contribution is 0.0797. The van der Waals surface area contributed by atoms with Gasteiger partial charge < -0.3 is 24.3 Å². The second-order valence-corrected chi connectivity index (χ2v) is 13.6. The average molecular weight is 627 g/mol. The van der Waals surface area contributed by atoms with E-state index in [1.165, 1.54) is 15.8 Å². The van der Waals surface area contributed by atoms with Gasteiger partial charge in [-0.15, -0.1) is 0 Å². The zero-order valence-electron chi connectivity index (χ0n) is 27.2. The van der Waals surface area contributed by atoms with Crippen LogP contribution in [0.3, 0.4) is 0 Å². The Morgan fingerprint density at radius 2 is 1.93 bits per heavy atom. The monoisotopic (exact) mass is 626 g/mol. The summed E-state index contributed by atoms with van der Waals surface area (Å²) >= 11 is 0. The van der Waals surface area contributed by atoms with E-state index in [1.54, 1.807) is 37.5 Å². The first-order chi connectivity index (χ1) is 22.1. The van der Waals surface area contributed by atoms with Crippen molar-refractivity contribution in [3.8, 4) is 11.1 Å². The molecule has 6 heterocycles. The molecule has 0 saturated heterocycles. The molecule has 12 heteroatoms. The Balaban J connectivity index is 1.18. The van der Waals surface area contributed by atoms with Crippen LogP contribution in [0.15, 0.2) is 41.5 Å². The molecule has 7 rings (SSSR count). The molecule has 1 amide bonds. The SMILES string of the molecule is COC[C@H](C)N1CCn2nc(Nc3cc(-c4ccnc(N5CCn6c(cc7c6CC(C)(C)C7)C5=O)c4CO)cn(C)c3=O)cc2C1. The third kappa shape index (κ3) is 5.23. The minimum Gasteiger partial charge on any atom is -0.392 e. The van der Waals surface area contributed by atoms with Crippen LogP contribution < -0.4 is 15.8 Å². The van der Waals surface area contributed by atoms with Crippen molar-refractivity contribution in [1.82, 2.24) is 28.8 Å². The van der Waals surface area contributed by atoms with E-state index in [0.717, 1.165) is 43.7 Å².